The molecule has 0 saturated heterocycles. The number of methoxy groups -OCH3 is 1. The second-order valence-electron chi connectivity index (χ2n) is 2.20. The predicted octanol–water partition coefficient (Wildman–Crippen LogP) is 0.932. The zero-order valence-corrected chi connectivity index (χ0v) is 6.22. The highest BCUT2D eigenvalue weighted by Gasteiger charge is 2.18. The van der Waals surface area contributed by atoms with Crippen LogP contribution >= 0.6 is 0 Å². The maximum absolute atomic E-state index is 10.3. The summed E-state index contributed by atoms with van der Waals surface area (Å²) in [6, 6.07) is 0. The molecule has 0 aromatic rings. The molecule has 3 heteroatoms. The summed E-state index contributed by atoms with van der Waals surface area (Å²) in [7, 11) is 1.49. The molecule has 0 radical (unpaired) electrons. The Morgan fingerprint density at radius 1 is 1.44 bits per heavy atom. The fourth-order valence-electron chi connectivity index (χ4n) is 0.388. The van der Waals surface area contributed by atoms with Gasteiger partial charge in [-0.2, -0.15) is 0 Å². The molecule has 0 unspecified atom stereocenters. The summed E-state index contributed by atoms with van der Waals surface area (Å²) in [6.07, 6.45) is 0. The van der Waals surface area contributed by atoms with Gasteiger partial charge >= 0.3 is 5.97 Å². The van der Waals surface area contributed by atoms with Crippen LogP contribution in [0.1, 0.15) is 20.8 Å². The molecule has 0 saturated carbocycles. The number of esters is 1. The quantitative estimate of drug-likeness (QED) is 0.414. The Morgan fingerprint density at radius 2 is 1.89 bits per heavy atom. The number of rotatable bonds is 2. The van der Waals surface area contributed by atoms with Gasteiger partial charge < -0.3 is 9.47 Å². The van der Waals surface area contributed by atoms with Crippen LogP contribution in [-0.4, -0.2) is 18.9 Å². The van der Waals surface area contributed by atoms with Crippen molar-refractivity contribution in [2.75, 3.05) is 7.11 Å². The normalized spacial score (nSPS) is 11.1. The third-order valence-corrected chi connectivity index (χ3v) is 0.881. The summed E-state index contributed by atoms with van der Waals surface area (Å²) < 4.78 is 9.53. The van der Waals surface area contributed by atoms with E-state index in [4.69, 9.17) is 9.47 Å². The van der Waals surface area contributed by atoms with Gasteiger partial charge in [-0.25, -0.2) is 0 Å². The van der Waals surface area contributed by atoms with E-state index in [0.717, 1.165) is 0 Å². The van der Waals surface area contributed by atoms with Crippen LogP contribution in [0.15, 0.2) is 0 Å². The Hall–Kier alpha value is -0.570. The Labute approximate surface area is 55.0 Å². The molecule has 54 valence electrons. The molecule has 0 aromatic heterocycles. The molecule has 0 aliphatic carbocycles. The van der Waals surface area contributed by atoms with E-state index in [-0.39, 0.29) is 5.97 Å². The minimum atomic E-state index is -0.786. The van der Waals surface area contributed by atoms with E-state index in [1.54, 1.807) is 13.8 Å². The van der Waals surface area contributed by atoms with Gasteiger partial charge in [-0.05, 0) is 0 Å². The van der Waals surface area contributed by atoms with E-state index in [1.165, 1.54) is 14.0 Å². The minimum Gasteiger partial charge on any atom is -0.434 e. The topological polar surface area (TPSA) is 35.5 Å². The average Bonchev–Trinajstić information content (AvgIpc) is 1.63. The van der Waals surface area contributed by atoms with Crippen LogP contribution in [0.4, 0.5) is 0 Å². The van der Waals surface area contributed by atoms with E-state index in [0.29, 0.717) is 0 Å². The Bertz CT molecular complexity index is 107. The first-order valence-corrected chi connectivity index (χ1v) is 2.72. The van der Waals surface area contributed by atoms with E-state index < -0.39 is 5.79 Å². The third-order valence-electron chi connectivity index (χ3n) is 0.881. The van der Waals surface area contributed by atoms with Crippen LogP contribution in [0.2, 0.25) is 0 Å². The van der Waals surface area contributed by atoms with Crippen LogP contribution in [-0.2, 0) is 14.3 Å². The van der Waals surface area contributed by atoms with E-state index in [9.17, 15) is 4.79 Å². The highest BCUT2D eigenvalue weighted by molar-refractivity contribution is 5.66. The third kappa shape index (κ3) is 3.97. The fourth-order valence-corrected chi connectivity index (χ4v) is 0.388. The molecule has 0 aliphatic rings. The van der Waals surface area contributed by atoms with Crippen molar-refractivity contribution >= 4 is 5.97 Å². The summed E-state index contributed by atoms with van der Waals surface area (Å²) in [5, 5.41) is 0. The van der Waals surface area contributed by atoms with Crippen molar-refractivity contribution < 1.29 is 14.3 Å². The van der Waals surface area contributed by atoms with Gasteiger partial charge in [0.2, 0.25) is 5.79 Å². The smallest absolute Gasteiger partial charge is 0.305 e. The lowest BCUT2D eigenvalue weighted by Crippen LogP contribution is -2.28. The molecule has 9 heavy (non-hydrogen) atoms. The van der Waals surface area contributed by atoms with Gasteiger partial charge in [-0.1, -0.05) is 0 Å². The zero-order chi connectivity index (χ0) is 7.49. The molecule has 0 N–H and O–H groups in total. The molecule has 0 spiro atoms. The molecule has 0 aliphatic heterocycles. The van der Waals surface area contributed by atoms with Crippen LogP contribution in [0.3, 0.4) is 0 Å². The number of carbonyl (C=O) groups is 1. The molecule has 0 aromatic carbocycles. The highest BCUT2D eigenvalue weighted by Crippen LogP contribution is 2.08. The van der Waals surface area contributed by atoms with Gasteiger partial charge in [0.25, 0.3) is 0 Å². The van der Waals surface area contributed by atoms with Gasteiger partial charge in [-0.3, -0.25) is 4.79 Å². The molecule has 0 fully saturated rings. The number of ether oxygens (including phenoxy) is 2. The summed E-state index contributed by atoms with van der Waals surface area (Å²) in [5.41, 5.74) is 0. The summed E-state index contributed by atoms with van der Waals surface area (Å²) in [6.45, 7) is 4.70. The second-order valence-corrected chi connectivity index (χ2v) is 2.20. The number of hydrogen-bond acceptors (Lipinski definition) is 3. The number of carbonyl (C=O) groups excluding carboxylic acids is 1. The van der Waals surface area contributed by atoms with Crippen molar-refractivity contribution in [1.29, 1.82) is 0 Å². The van der Waals surface area contributed by atoms with Crippen LogP contribution in [0.5, 0.6) is 0 Å². The summed E-state index contributed by atoms with van der Waals surface area (Å²) in [4.78, 5) is 10.3. The van der Waals surface area contributed by atoms with Crippen molar-refractivity contribution in [1.82, 2.24) is 0 Å². The Kier molecular flexibility index (Phi) is 2.65. The monoisotopic (exact) mass is 132 g/mol. The highest BCUT2D eigenvalue weighted by atomic mass is 16.7. The molecular weight excluding hydrogens is 120 g/mol. The maximum atomic E-state index is 10.3. The largest absolute Gasteiger partial charge is 0.434 e. The van der Waals surface area contributed by atoms with Crippen LogP contribution in [0.25, 0.3) is 0 Å². The van der Waals surface area contributed by atoms with Crippen molar-refractivity contribution in [2.45, 2.75) is 26.6 Å². The standard InChI is InChI=1S/C6H12O3/c1-5(7)9-6(2,3)8-4/h1-4H3. The first-order valence-electron chi connectivity index (χ1n) is 2.72. The van der Waals surface area contributed by atoms with Crippen molar-refractivity contribution in [3.63, 3.8) is 0 Å². The zero-order valence-electron chi connectivity index (χ0n) is 6.22. The first-order chi connectivity index (χ1) is 3.98. The summed E-state index contributed by atoms with van der Waals surface area (Å²) >= 11 is 0. The molecule has 3 nitrogen and oxygen atoms in total. The summed E-state index contributed by atoms with van der Waals surface area (Å²) in [5.74, 6) is -1.12. The predicted molar refractivity (Wildman–Crippen MR) is 32.9 cm³/mol. The Morgan fingerprint density at radius 3 is 2.00 bits per heavy atom. The molecule has 0 rings (SSSR count). The number of hydrogen-bond donors (Lipinski definition) is 0. The van der Waals surface area contributed by atoms with Crippen LogP contribution in [0, 0.1) is 0 Å². The van der Waals surface area contributed by atoms with Gasteiger partial charge in [0.15, 0.2) is 0 Å². The van der Waals surface area contributed by atoms with Gasteiger partial charge in [0.1, 0.15) is 0 Å². The first kappa shape index (κ1) is 8.43. The SMILES string of the molecule is COC(C)(C)OC(C)=O. The van der Waals surface area contributed by atoms with E-state index in [1.807, 2.05) is 0 Å². The molecular formula is C6H12O3. The molecule has 0 bridgehead atoms. The van der Waals surface area contributed by atoms with Crippen molar-refractivity contribution in [2.24, 2.45) is 0 Å². The van der Waals surface area contributed by atoms with Crippen molar-refractivity contribution in [3.8, 4) is 0 Å². The average molecular weight is 132 g/mol. The Balaban J connectivity index is 3.71. The minimum absolute atomic E-state index is 0.332. The van der Waals surface area contributed by atoms with Gasteiger partial charge in [-0.15, -0.1) is 0 Å². The molecule has 0 amide bonds. The lowest BCUT2D eigenvalue weighted by Gasteiger charge is -2.21. The molecule has 0 atom stereocenters. The van der Waals surface area contributed by atoms with Gasteiger partial charge in [0.05, 0.1) is 0 Å². The van der Waals surface area contributed by atoms with E-state index >= 15 is 0 Å². The van der Waals surface area contributed by atoms with Crippen LogP contribution < -0.4 is 0 Å². The second kappa shape index (κ2) is 2.82. The van der Waals surface area contributed by atoms with Crippen molar-refractivity contribution in [3.05, 3.63) is 0 Å². The maximum Gasteiger partial charge on any atom is 0.305 e. The lowest BCUT2D eigenvalue weighted by atomic mass is 10.4. The van der Waals surface area contributed by atoms with Gasteiger partial charge in [0, 0.05) is 27.9 Å². The molecule has 0 heterocycles. The fraction of sp³-hybridized carbons (Fsp3) is 0.833. The lowest BCUT2D eigenvalue weighted by molar-refractivity contribution is -0.203. The van der Waals surface area contributed by atoms with E-state index in [2.05, 4.69) is 0 Å².